The fourth-order valence-electron chi connectivity index (χ4n) is 3.64. The van der Waals surface area contributed by atoms with E-state index in [0.29, 0.717) is 57.8 Å². The Kier molecular flexibility index (Phi) is 4.18. The molecule has 1 amide bonds. The van der Waals surface area contributed by atoms with E-state index in [1.165, 1.54) is 13.2 Å². The molecule has 5 nitrogen and oxygen atoms in total. The lowest BCUT2D eigenvalue weighted by molar-refractivity contribution is 0.0779. The Morgan fingerprint density at radius 3 is 2.78 bits per heavy atom. The van der Waals surface area contributed by atoms with E-state index in [0.717, 1.165) is 6.42 Å². The Hall–Kier alpha value is -3.15. The minimum absolute atomic E-state index is 0.0835. The zero-order chi connectivity index (χ0) is 19.1. The number of hydrogen-bond acceptors (Lipinski definition) is 4. The largest absolute Gasteiger partial charge is 0.497 e. The van der Waals surface area contributed by atoms with Crippen LogP contribution in [0.25, 0.3) is 22.0 Å². The van der Waals surface area contributed by atoms with Crippen LogP contribution in [-0.4, -0.2) is 29.4 Å². The standard InChI is InChI=1S/C21H20FN3O2/c1-3-9-25-11-17-18(21(25)26)19(23)15-6-4-5-14(20(15)24-17)13-8-7-12(27-2)10-16(13)22/h4-8,10H,3,9,11H2,1-2H3,(H2,23,24). The van der Waals surface area contributed by atoms with Gasteiger partial charge in [-0.25, -0.2) is 9.37 Å². The molecule has 2 aromatic carbocycles. The molecule has 4 rings (SSSR count). The summed E-state index contributed by atoms with van der Waals surface area (Å²) in [6.45, 7) is 3.11. The molecular formula is C21H20FN3O2. The highest BCUT2D eigenvalue weighted by Crippen LogP contribution is 2.37. The lowest BCUT2D eigenvalue weighted by Crippen LogP contribution is -2.24. The number of hydrogen-bond donors (Lipinski definition) is 1. The monoisotopic (exact) mass is 365 g/mol. The number of fused-ring (bicyclic) bond motifs is 2. The van der Waals surface area contributed by atoms with Crippen molar-refractivity contribution in [2.45, 2.75) is 19.9 Å². The average Bonchev–Trinajstić information content (AvgIpc) is 2.98. The summed E-state index contributed by atoms with van der Waals surface area (Å²) in [4.78, 5) is 19.1. The van der Waals surface area contributed by atoms with Crippen molar-refractivity contribution >= 4 is 22.5 Å². The first kappa shape index (κ1) is 17.3. The third kappa shape index (κ3) is 2.68. The van der Waals surface area contributed by atoms with Crippen molar-refractivity contribution in [1.29, 1.82) is 0 Å². The van der Waals surface area contributed by atoms with Gasteiger partial charge < -0.3 is 15.4 Å². The second-order valence-electron chi connectivity index (χ2n) is 6.62. The Labute approximate surface area is 156 Å². The maximum Gasteiger partial charge on any atom is 0.258 e. The van der Waals surface area contributed by atoms with Gasteiger partial charge in [0.1, 0.15) is 11.6 Å². The fraction of sp³-hybridized carbons (Fsp3) is 0.238. The Bertz CT molecular complexity index is 1060. The molecule has 0 aliphatic carbocycles. The number of anilines is 1. The number of carbonyl (C=O) groups is 1. The number of nitrogen functional groups attached to an aromatic ring is 1. The van der Waals surface area contributed by atoms with Crippen LogP contribution >= 0.6 is 0 Å². The molecule has 138 valence electrons. The number of carbonyl (C=O) groups excluding carboxylic acids is 1. The van der Waals surface area contributed by atoms with Crippen molar-refractivity contribution in [3.8, 4) is 16.9 Å². The summed E-state index contributed by atoms with van der Waals surface area (Å²) in [5.41, 5.74) is 9.55. The number of halogens is 1. The molecule has 2 heterocycles. The van der Waals surface area contributed by atoms with E-state index in [1.807, 2.05) is 19.1 Å². The number of aromatic nitrogens is 1. The van der Waals surface area contributed by atoms with Crippen molar-refractivity contribution in [3.63, 3.8) is 0 Å². The van der Waals surface area contributed by atoms with Crippen LogP contribution in [0.15, 0.2) is 36.4 Å². The topological polar surface area (TPSA) is 68.5 Å². The summed E-state index contributed by atoms with van der Waals surface area (Å²) in [6.07, 6.45) is 0.863. The number of para-hydroxylation sites is 1. The predicted octanol–water partition coefficient (Wildman–Crippen LogP) is 4.00. The second-order valence-corrected chi connectivity index (χ2v) is 6.62. The quantitative estimate of drug-likeness (QED) is 0.759. The van der Waals surface area contributed by atoms with E-state index >= 15 is 0 Å². The van der Waals surface area contributed by atoms with E-state index in [1.54, 1.807) is 23.1 Å². The van der Waals surface area contributed by atoms with E-state index in [-0.39, 0.29) is 5.91 Å². The summed E-state index contributed by atoms with van der Waals surface area (Å²) >= 11 is 0. The van der Waals surface area contributed by atoms with Gasteiger partial charge in [0.2, 0.25) is 0 Å². The molecule has 0 bridgehead atoms. The van der Waals surface area contributed by atoms with Gasteiger partial charge in [-0.1, -0.05) is 25.1 Å². The highest BCUT2D eigenvalue weighted by Gasteiger charge is 2.31. The molecule has 1 aromatic heterocycles. The average molecular weight is 365 g/mol. The molecule has 0 saturated heterocycles. The minimum atomic E-state index is -0.397. The molecule has 2 N–H and O–H groups in total. The van der Waals surface area contributed by atoms with Crippen LogP contribution in [0.1, 0.15) is 29.4 Å². The molecule has 1 aliphatic heterocycles. The highest BCUT2D eigenvalue weighted by molar-refractivity contribution is 6.11. The number of nitrogens with two attached hydrogens (primary N) is 1. The van der Waals surface area contributed by atoms with Gasteiger partial charge in [-0.15, -0.1) is 0 Å². The van der Waals surface area contributed by atoms with Crippen molar-refractivity contribution in [1.82, 2.24) is 9.88 Å². The molecular weight excluding hydrogens is 345 g/mol. The van der Waals surface area contributed by atoms with Crippen LogP contribution in [0, 0.1) is 5.82 Å². The molecule has 0 atom stereocenters. The van der Waals surface area contributed by atoms with Gasteiger partial charge in [0, 0.05) is 29.1 Å². The van der Waals surface area contributed by atoms with Crippen molar-refractivity contribution in [2.24, 2.45) is 0 Å². The number of amides is 1. The van der Waals surface area contributed by atoms with E-state index < -0.39 is 5.82 Å². The third-order valence-corrected chi connectivity index (χ3v) is 4.93. The number of methoxy groups -OCH3 is 1. The number of benzene rings is 2. The summed E-state index contributed by atoms with van der Waals surface area (Å²) in [5, 5.41) is 0.660. The van der Waals surface area contributed by atoms with Crippen LogP contribution in [-0.2, 0) is 6.54 Å². The highest BCUT2D eigenvalue weighted by atomic mass is 19.1. The summed E-state index contributed by atoms with van der Waals surface area (Å²) in [7, 11) is 1.50. The van der Waals surface area contributed by atoms with Crippen LogP contribution in [0.3, 0.4) is 0 Å². The molecule has 0 radical (unpaired) electrons. The molecule has 0 spiro atoms. The van der Waals surface area contributed by atoms with Crippen molar-refractivity contribution < 1.29 is 13.9 Å². The molecule has 0 fully saturated rings. The number of pyridine rings is 1. The van der Waals surface area contributed by atoms with Crippen LogP contribution < -0.4 is 10.5 Å². The van der Waals surface area contributed by atoms with Crippen molar-refractivity contribution in [2.75, 3.05) is 19.4 Å². The first-order valence-corrected chi connectivity index (χ1v) is 8.89. The molecule has 0 unspecified atom stereocenters. The Morgan fingerprint density at radius 2 is 2.07 bits per heavy atom. The number of rotatable bonds is 4. The van der Waals surface area contributed by atoms with Crippen LogP contribution in [0.5, 0.6) is 5.75 Å². The Morgan fingerprint density at radius 1 is 1.26 bits per heavy atom. The van der Waals surface area contributed by atoms with Gasteiger partial charge in [-0.3, -0.25) is 4.79 Å². The van der Waals surface area contributed by atoms with Crippen LogP contribution in [0.4, 0.5) is 10.1 Å². The number of ether oxygens (including phenoxy) is 1. The molecule has 27 heavy (non-hydrogen) atoms. The second kappa shape index (κ2) is 6.54. The maximum atomic E-state index is 14.6. The predicted molar refractivity (Wildman–Crippen MR) is 103 cm³/mol. The molecule has 3 aromatic rings. The zero-order valence-corrected chi connectivity index (χ0v) is 15.3. The number of nitrogens with zero attached hydrogens (tertiary/aromatic N) is 2. The molecule has 1 aliphatic rings. The van der Waals surface area contributed by atoms with E-state index in [4.69, 9.17) is 15.5 Å². The SMILES string of the molecule is CCCN1Cc2nc3c(-c4ccc(OC)cc4F)cccc3c(N)c2C1=O. The van der Waals surface area contributed by atoms with E-state index in [2.05, 4.69) is 0 Å². The first-order valence-electron chi connectivity index (χ1n) is 8.89. The fourth-order valence-corrected chi connectivity index (χ4v) is 3.64. The normalized spacial score (nSPS) is 13.3. The Balaban J connectivity index is 1.92. The lowest BCUT2D eigenvalue weighted by Gasteiger charge is -2.13. The first-order chi connectivity index (χ1) is 13.0. The maximum absolute atomic E-state index is 14.6. The summed E-state index contributed by atoms with van der Waals surface area (Å²) in [5.74, 6) is -0.0307. The summed E-state index contributed by atoms with van der Waals surface area (Å²) in [6, 6.07) is 10.2. The van der Waals surface area contributed by atoms with Crippen molar-refractivity contribution in [3.05, 3.63) is 53.5 Å². The zero-order valence-electron chi connectivity index (χ0n) is 15.3. The van der Waals surface area contributed by atoms with E-state index in [9.17, 15) is 9.18 Å². The summed E-state index contributed by atoms with van der Waals surface area (Å²) < 4.78 is 19.7. The minimum Gasteiger partial charge on any atom is -0.497 e. The van der Waals surface area contributed by atoms with Gasteiger partial charge in [-0.05, 0) is 18.6 Å². The molecule has 6 heteroatoms. The van der Waals surface area contributed by atoms with Gasteiger partial charge in [0.25, 0.3) is 5.91 Å². The van der Waals surface area contributed by atoms with Gasteiger partial charge in [0.05, 0.1) is 36.1 Å². The van der Waals surface area contributed by atoms with Gasteiger partial charge in [-0.2, -0.15) is 0 Å². The van der Waals surface area contributed by atoms with Gasteiger partial charge in [0.15, 0.2) is 0 Å². The van der Waals surface area contributed by atoms with Gasteiger partial charge >= 0.3 is 0 Å². The smallest absolute Gasteiger partial charge is 0.258 e. The van der Waals surface area contributed by atoms with Crippen LogP contribution in [0.2, 0.25) is 0 Å². The molecule has 0 saturated carbocycles. The lowest BCUT2D eigenvalue weighted by atomic mass is 9.98. The third-order valence-electron chi connectivity index (χ3n) is 4.93.